The number of phenols is 1. The molecule has 1 aliphatic rings. The molecule has 3 aromatic rings. The number of allylic oxidation sites excluding steroid dienone is 1. The van der Waals surface area contributed by atoms with Gasteiger partial charge in [-0.1, -0.05) is 12.1 Å². The highest BCUT2D eigenvalue weighted by atomic mass is 16.5. The first-order valence-corrected chi connectivity index (χ1v) is 11.5. The number of fused-ring (bicyclic) bond motifs is 1. The van der Waals surface area contributed by atoms with Gasteiger partial charge in [0, 0.05) is 24.1 Å². The maximum absolute atomic E-state index is 12.8. The Bertz CT molecular complexity index is 1400. The molecule has 1 heterocycles. The van der Waals surface area contributed by atoms with E-state index in [-0.39, 0.29) is 35.2 Å². The van der Waals surface area contributed by atoms with Gasteiger partial charge in [0.05, 0.1) is 19.8 Å². The van der Waals surface area contributed by atoms with Gasteiger partial charge in [-0.25, -0.2) is 4.79 Å². The molecular weight excluding hydrogens is 494 g/mol. The summed E-state index contributed by atoms with van der Waals surface area (Å²) in [5.74, 6) is -0.373. The molecule has 196 valence electrons. The van der Waals surface area contributed by atoms with Gasteiger partial charge >= 0.3 is 5.97 Å². The first-order chi connectivity index (χ1) is 18.3. The number of benzene rings is 3. The Labute approximate surface area is 218 Å². The molecule has 1 amide bonds. The minimum Gasteiger partial charge on any atom is -0.508 e. The van der Waals surface area contributed by atoms with Crippen molar-refractivity contribution in [3.8, 4) is 28.7 Å². The van der Waals surface area contributed by atoms with E-state index >= 15 is 0 Å². The van der Waals surface area contributed by atoms with Crippen LogP contribution in [0.5, 0.6) is 28.7 Å². The summed E-state index contributed by atoms with van der Waals surface area (Å²) in [5, 5.41) is 21.3. The summed E-state index contributed by atoms with van der Waals surface area (Å²) in [6.07, 6.45) is 1.60. The third kappa shape index (κ3) is 6.04. The number of methoxy groups -OCH3 is 2. The van der Waals surface area contributed by atoms with Crippen LogP contribution in [-0.2, 0) is 16.0 Å². The van der Waals surface area contributed by atoms with E-state index in [1.54, 1.807) is 43.5 Å². The number of carbonyl (C=O) groups excluding carboxylic acids is 2. The molecule has 0 aliphatic carbocycles. The van der Waals surface area contributed by atoms with Crippen LogP contribution in [0.25, 0.3) is 6.08 Å². The van der Waals surface area contributed by atoms with E-state index < -0.39 is 24.5 Å². The van der Waals surface area contributed by atoms with Crippen molar-refractivity contribution in [2.75, 3.05) is 20.8 Å². The standard InChI is InChI=1S/C28H25NO9/c1-35-19-8-5-17(23(13-19)36-2)12-25-27(32)21-10-9-20(14-24(21)38-25)37-15-26(31)29-22(28(33)34)11-16-3-6-18(30)7-4-16/h3-10,12-14,22,30H,11,15H2,1-2H3,(H,29,31)(H,33,34). The number of carboxylic acids is 1. The summed E-state index contributed by atoms with van der Waals surface area (Å²) in [4.78, 5) is 36.8. The number of ketones is 1. The number of nitrogens with one attached hydrogen (secondary N) is 1. The molecule has 0 bridgehead atoms. The largest absolute Gasteiger partial charge is 0.508 e. The first kappa shape index (κ1) is 26.1. The van der Waals surface area contributed by atoms with E-state index in [0.717, 1.165) is 0 Å². The lowest BCUT2D eigenvalue weighted by Gasteiger charge is -2.15. The number of aliphatic carboxylic acids is 1. The quantitative estimate of drug-likeness (QED) is 0.344. The Kier molecular flexibility index (Phi) is 7.81. The van der Waals surface area contributed by atoms with Gasteiger partial charge in [-0.3, -0.25) is 9.59 Å². The Balaban J connectivity index is 1.39. The Morgan fingerprint density at radius 2 is 1.74 bits per heavy atom. The summed E-state index contributed by atoms with van der Waals surface area (Å²) in [6.45, 7) is -0.447. The van der Waals surface area contributed by atoms with Crippen LogP contribution in [0.2, 0.25) is 0 Å². The molecule has 10 nitrogen and oxygen atoms in total. The number of hydrogen-bond donors (Lipinski definition) is 3. The second-order valence-corrected chi connectivity index (χ2v) is 8.32. The summed E-state index contributed by atoms with van der Waals surface area (Å²) in [6, 6.07) is 14.5. The second kappa shape index (κ2) is 11.4. The highest BCUT2D eigenvalue weighted by molar-refractivity contribution is 6.14. The fourth-order valence-electron chi connectivity index (χ4n) is 3.79. The Hall–Kier alpha value is -4.99. The van der Waals surface area contributed by atoms with Crippen molar-refractivity contribution in [2.24, 2.45) is 0 Å². The van der Waals surface area contributed by atoms with Crippen molar-refractivity contribution in [1.82, 2.24) is 5.32 Å². The van der Waals surface area contributed by atoms with Crippen LogP contribution in [0.1, 0.15) is 21.5 Å². The number of aromatic hydroxyl groups is 1. The number of ether oxygens (including phenoxy) is 4. The van der Waals surface area contributed by atoms with Crippen LogP contribution in [0.3, 0.4) is 0 Å². The molecule has 1 aliphatic heterocycles. The number of Topliss-reactive ketones (excluding diaryl/α,β-unsaturated/α-hetero) is 1. The van der Waals surface area contributed by atoms with E-state index in [2.05, 4.69) is 5.32 Å². The van der Waals surface area contributed by atoms with E-state index in [4.69, 9.17) is 18.9 Å². The average molecular weight is 520 g/mol. The number of amides is 1. The van der Waals surface area contributed by atoms with Gasteiger partial charge in [0.25, 0.3) is 5.91 Å². The topological polar surface area (TPSA) is 141 Å². The Morgan fingerprint density at radius 1 is 1.00 bits per heavy atom. The fraction of sp³-hybridized carbons (Fsp3) is 0.179. The molecule has 0 saturated heterocycles. The zero-order valence-electron chi connectivity index (χ0n) is 20.6. The Morgan fingerprint density at radius 3 is 2.42 bits per heavy atom. The maximum Gasteiger partial charge on any atom is 0.326 e. The van der Waals surface area contributed by atoms with E-state index in [1.807, 2.05) is 0 Å². The van der Waals surface area contributed by atoms with Gasteiger partial charge < -0.3 is 34.5 Å². The van der Waals surface area contributed by atoms with E-state index in [9.17, 15) is 24.6 Å². The number of phenolic OH excluding ortho intramolecular Hbond substituents is 1. The van der Waals surface area contributed by atoms with Crippen LogP contribution in [-0.4, -0.2) is 54.7 Å². The summed E-state index contributed by atoms with van der Waals surface area (Å²) < 4.78 is 21.8. The SMILES string of the molecule is COc1ccc(C=C2Oc3cc(OCC(=O)NC(Cc4ccc(O)cc4)C(=O)O)ccc3C2=O)c(OC)c1. The molecule has 0 saturated carbocycles. The fourth-order valence-corrected chi connectivity index (χ4v) is 3.79. The van der Waals surface area contributed by atoms with Crippen molar-refractivity contribution in [3.63, 3.8) is 0 Å². The van der Waals surface area contributed by atoms with Crippen molar-refractivity contribution in [1.29, 1.82) is 0 Å². The summed E-state index contributed by atoms with van der Waals surface area (Å²) in [7, 11) is 3.05. The van der Waals surface area contributed by atoms with Gasteiger partial charge in [-0.15, -0.1) is 0 Å². The van der Waals surface area contributed by atoms with Crippen LogP contribution >= 0.6 is 0 Å². The minimum atomic E-state index is -1.20. The van der Waals surface area contributed by atoms with Crippen molar-refractivity contribution in [2.45, 2.75) is 12.5 Å². The van der Waals surface area contributed by atoms with E-state index in [1.165, 1.54) is 37.4 Å². The molecular formula is C28H25NO9. The second-order valence-electron chi connectivity index (χ2n) is 8.32. The lowest BCUT2D eigenvalue weighted by Crippen LogP contribution is -2.44. The number of rotatable bonds is 10. The molecule has 4 rings (SSSR count). The van der Waals surface area contributed by atoms with Crippen LogP contribution < -0.4 is 24.3 Å². The first-order valence-electron chi connectivity index (χ1n) is 11.5. The molecule has 38 heavy (non-hydrogen) atoms. The minimum absolute atomic E-state index is 0.0320. The zero-order chi connectivity index (χ0) is 27.2. The van der Waals surface area contributed by atoms with Gasteiger partial charge in [-0.05, 0) is 48.0 Å². The van der Waals surface area contributed by atoms with Crippen molar-refractivity contribution < 1.29 is 43.5 Å². The third-order valence-electron chi connectivity index (χ3n) is 5.75. The van der Waals surface area contributed by atoms with E-state index in [0.29, 0.717) is 28.2 Å². The maximum atomic E-state index is 12.8. The number of hydrogen-bond acceptors (Lipinski definition) is 8. The molecule has 1 unspecified atom stereocenters. The molecule has 3 N–H and O–H groups in total. The third-order valence-corrected chi connectivity index (χ3v) is 5.75. The van der Waals surface area contributed by atoms with Gasteiger partial charge in [0.2, 0.25) is 5.78 Å². The predicted octanol–water partition coefficient (Wildman–Crippen LogP) is 3.22. The van der Waals surface area contributed by atoms with Crippen molar-refractivity contribution >= 4 is 23.7 Å². The highest BCUT2D eigenvalue weighted by Crippen LogP contribution is 2.36. The number of carboxylic acid groups (broad SMARTS) is 1. The van der Waals surface area contributed by atoms with Crippen LogP contribution in [0, 0.1) is 0 Å². The molecule has 3 aromatic carbocycles. The van der Waals surface area contributed by atoms with Crippen LogP contribution in [0.15, 0.2) is 66.4 Å². The monoisotopic (exact) mass is 519 g/mol. The highest BCUT2D eigenvalue weighted by Gasteiger charge is 2.28. The normalized spacial score (nSPS) is 13.8. The summed E-state index contributed by atoms with van der Waals surface area (Å²) >= 11 is 0. The van der Waals surface area contributed by atoms with Crippen LogP contribution in [0.4, 0.5) is 0 Å². The number of carbonyl (C=O) groups is 3. The zero-order valence-corrected chi connectivity index (χ0v) is 20.6. The smallest absolute Gasteiger partial charge is 0.326 e. The molecule has 0 spiro atoms. The molecule has 0 fully saturated rings. The van der Waals surface area contributed by atoms with Crippen molar-refractivity contribution in [3.05, 3.63) is 83.1 Å². The molecule has 0 radical (unpaired) electrons. The molecule has 1 atom stereocenters. The van der Waals surface area contributed by atoms with Gasteiger partial charge in [-0.2, -0.15) is 0 Å². The molecule has 0 aromatic heterocycles. The lowest BCUT2D eigenvalue weighted by atomic mass is 10.1. The van der Waals surface area contributed by atoms with Gasteiger partial charge in [0.1, 0.15) is 34.8 Å². The predicted molar refractivity (Wildman–Crippen MR) is 136 cm³/mol. The molecule has 10 heteroatoms. The average Bonchev–Trinajstić information content (AvgIpc) is 3.22. The van der Waals surface area contributed by atoms with Gasteiger partial charge in [0.15, 0.2) is 12.4 Å². The summed E-state index contributed by atoms with van der Waals surface area (Å²) in [5.41, 5.74) is 1.59. The lowest BCUT2D eigenvalue weighted by molar-refractivity contribution is -0.142.